The molecule has 5 nitrogen and oxygen atoms in total. The molecule has 0 spiro atoms. The summed E-state index contributed by atoms with van der Waals surface area (Å²) in [6, 6.07) is 0. The Bertz CT molecular complexity index is 68.8. The third-order valence-electron chi connectivity index (χ3n) is 0.718. The molecule has 3 N–H and O–H groups in total. The van der Waals surface area contributed by atoms with Crippen LogP contribution in [0.15, 0.2) is 5.18 Å². The number of ether oxygens (including phenoxy) is 1. The van der Waals surface area contributed by atoms with Gasteiger partial charge in [0.15, 0.2) is 0 Å². The molecule has 0 aromatic rings. The Morgan fingerprint density at radius 1 is 1.56 bits per heavy atom. The predicted octanol–water partition coefficient (Wildman–Crippen LogP) is -0.767. The fraction of sp³-hybridized carbons (Fsp3) is 1.00. The molecule has 0 aliphatic heterocycles. The Balaban J connectivity index is 2.66. The minimum atomic E-state index is 0.213. The van der Waals surface area contributed by atoms with Gasteiger partial charge in [0.2, 0.25) is 0 Å². The summed E-state index contributed by atoms with van der Waals surface area (Å²) < 4.78 is 4.88. The number of hydrogen-bond donors (Lipinski definition) is 2. The molecule has 0 aliphatic carbocycles. The van der Waals surface area contributed by atoms with Crippen LogP contribution in [0.1, 0.15) is 0 Å². The molecule has 0 aromatic heterocycles. The monoisotopic (exact) mass is 133 g/mol. The van der Waals surface area contributed by atoms with Gasteiger partial charge in [-0.3, -0.25) is 11.3 Å². The second-order valence-corrected chi connectivity index (χ2v) is 1.42. The topological polar surface area (TPSA) is 76.7 Å². The van der Waals surface area contributed by atoms with Crippen LogP contribution in [0.4, 0.5) is 0 Å². The van der Waals surface area contributed by atoms with Gasteiger partial charge in [-0.05, 0) is 0 Å². The van der Waals surface area contributed by atoms with Crippen molar-refractivity contribution < 1.29 is 4.74 Å². The molecule has 0 radical (unpaired) electrons. The molecule has 9 heavy (non-hydrogen) atoms. The highest BCUT2D eigenvalue weighted by Crippen LogP contribution is 1.72. The largest absolute Gasteiger partial charge is 0.378 e. The standard InChI is InChI=1S/C4H11N3O2/c5-6-1-3-9-4-2-7-8/h6H,1-5H2. The van der Waals surface area contributed by atoms with Gasteiger partial charge in [0.1, 0.15) is 6.54 Å². The normalized spacial score (nSPS) is 9.44. The second kappa shape index (κ2) is 7.48. The summed E-state index contributed by atoms with van der Waals surface area (Å²) >= 11 is 0. The van der Waals surface area contributed by atoms with E-state index in [1.54, 1.807) is 0 Å². The Labute approximate surface area is 53.5 Å². The van der Waals surface area contributed by atoms with Crippen molar-refractivity contribution in [2.24, 2.45) is 11.0 Å². The van der Waals surface area contributed by atoms with E-state index < -0.39 is 0 Å². The number of rotatable bonds is 6. The number of nitrogens with one attached hydrogen (secondary N) is 1. The summed E-state index contributed by atoms with van der Waals surface area (Å²) in [4.78, 5) is 9.47. The number of nitrogens with zero attached hydrogens (tertiary/aromatic N) is 1. The molecular formula is C4H11N3O2. The van der Waals surface area contributed by atoms with Crippen molar-refractivity contribution in [2.75, 3.05) is 26.3 Å². The maximum Gasteiger partial charge on any atom is 0.104 e. The summed E-state index contributed by atoms with van der Waals surface area (Å²) in [5.41, 5.74) is 2.41. The summed E-state index contributed by atoms with van der Waals surface area (Å²) in [5, 5.41) is 2.61. The van der Waals surface area contributed by atoms with E-state index in [1.165, 1.54) is 0 Å². The van der Waals surface area contributed by atoms with E-state index in [0.717, 1.165) is 0 Å². The molecular weight excluding hydrogens is 122 g/mol. The van der Waals surface area contributed by atoms with Crippen LogP contribution in [0.3, 0.4) is 0 Å². The summed E-state index contributed by atoms with van der Waals surface area (Å²) in [5.74, 6) is 4.93. The first-order chi connectivity index (χ1) is 4.41. The molecule has 5 heteroatoms. The van der Waals surface area contributed by atoms with Crippen LogP contribution in [0.2, 0.25) is 0 Å². The highest BCUT2D eigenvalue weighted by atomic mass is 16.5. The number of nitroso groups, excluding NO2 is 1. The molecule has 0 amide bonds. The molecule has 0 atom stereocenters. The van der Waals surface area contributed by atoms with Crippen molar-refractivity contribution >= 4 is 0 Å². The van der Waals surface area contributed by atoms with Gasteiger partial charge in [0, 0.05) is 6.54 Å². The van der Waals surface area contributed by atoms with Crippen LogP contribution < -0.4 is 11.3 Å². The van der Waals surface area contributed by atoms with Crippen LogP contribution in [0, 0.1) is 4.91 Å². The van der Waals surface area contributed by atoms with Crippen molar-refractivity contribution in [3.8, 4) is 0 Å². The minimum Gasteiger partial charge on any atom is -0.378 e. The zero-order valence-electron chi connectivity index (χ0n) is 5.17. The van der Waals surface area contributed by atoms with Crippen LogP contribution in [-0.4, -0.2) is 26.3 Å². The lowest BCUT2D eigenvalue weighted by molar-refractivity contribution is 0.143. The molecule has 0 rings (SSSR count). The Morgan fingerprint density at radius 3 is 2.89 bits per heavy atom. The van der Waals surface area contributed by atoms with Crippen molar-refractivity contribution in [2.45, 2.75) is 0 Å². The highest BCUT2D eigenvalue weighted by molar-refractivity contribution is 4.38. The number of hydrazine groups is 1. The van der Waals surface area contributed by atoms with Gasteiger partial charge in [0.05, 0.1) is 13.2 Å². The first kappa shape index (κ1) is 8.48. The van der Waals surface area contributed by atoms with E-state index >= 15 is 0 Å². The van der Waals surface area contributed by atoms with Gasteiger partial charge in [-0.2, -0.15) is 4.91 Å². The third-order valence-corrected chi connectivity index (χ3v) is 0.718. The number of nitrogens with two attached hydrogens (primary N) is 1. The first-order valence-electron chi connectivity index (χ1n) is 2.72. The zero-order valence-corrected chi connectivity index (χ0v) is 5.17. The van der Waals surface area contributed by atoms with Gasteiger partial charge < -0.3 is 4.74 Å². The minimum absolute atomic E-state index is 0.213. The van der Waals surface area contributed by atoms with E-state index in [-0.39, 0.29) is 6.54 Å². The van der Waals surface area contributed by atoms with E-state index in [1.807, 2.05) is 0 Å². The summed E-state index contributed by atoms with van der Waals surface area (Å²) in [6.45, 7) is 1.71. The fourth-order valence-corrected chi connectivity index (χ4v) is 0.335. The molecule has 0 unspecified atom stereocenters. The third kappa shape index (κ3) is 7.48. The van der Waals surface area contributed by atoms with Crippen molar-refractivity contribution in [3.63, 3.8) is 0 Å². The lowest BCUT2D eigenvalue weighted by atomic mass is 10.7. The van der Waals surface area contributed by atoms with E-state index in [0.29, 0.717) is 19.8 Å². The van der Waals surface area contributed by atoms with Crippen LogP contribution >= 0.6 is 0 Å². The van der Waals surface area contributed by atoms with E-state index in [4.69, 9.17) is 10.6 Å². The van der Waals surface area contributed by atoms with Crippen molar-refractivity contribution in [1.82, 2.24) is 5.43 Å². The zero-order chi connectivity index (χ0) is 6.95. The van der Waals surface area contributed by atoms with Crippen LogP contribution in [0.5, 0.6) is 0 Å². The smallest absolute Gasteiger partial charge is 0.104 e. The molecule has 0 aromatic carbocycles. The lowest BCUT2D eigenvalue weighted by Gasteiger charge is -1.98. The first-order valence-corrected chi connectivity index (χ1v) is 2.72. The van der Waals surface area contributed by atoms with E-state index in [2.05, 4.69) is 10.6 Å². The highest BCUT2D eigenvalue weighted by Gasteiger charge is 1.84. The van der Waals surface area contributed by atoms with Gasteiger partial charge in [-0.15, -0.1) is 0 Å². The van der Waals surface area contributed by atoms with Gasteiger partial charge in [0.25, 0.3) is 0 Å². The van der Waals surface area contributed by atoms with Gasteiger partial charge in [-0.1, -0.05) is 5.18 Å². The van der Waals surface area contributed by atoms with Crippen molar-refractivity contribution in [1.29, 1.82) is 0 Å². The van der Waals surface area contributed by atoms with Crippen LogP contribution in [0.25, 0.3) is 0 Å². The second-order valence-electron chi connectivity index (χ2n) is 1.42. The molecule has 54 valence electrons. The fourth-order valence-electron chi connectivity index (χ4n) is 0.335. The molecule has 0 bridgehead atoms. The average molecular weight is 133 g/mol. The lowest BCUT2D eigenvalue weighted by Crippen LogP contribution is -2.26. The quantitative estimate of drug-likeness (QED) is 0.216. The average Bonchev–Trinajstić information content (AvgIpc) is 1.89. The predicted molar refractivity (Wildman–Crippen MR) is 33.7 cm³/mol. The SMILES string of the molecule is NNCCOCCN=O. The van der Waals surface area contributed by atoms with E-state index in [9.17, 15) is 4.91 Å². The molecule has 0 saturated carbocycles. The molecule has 0 saturated heterocycles. The Morgan fingerprint density at radius 2 is 2.33 bits per heavy atom. The Kier molecular flexibility index (Phi) is 7.05. The van der Waals surface area contributed by atoms with Gasteiger partial charge >= 0.3 is 0 Å². The molecule has 0 heterocycles. The number of hydrogen-bond acceptors (Lipinski definition) is 5. The summed E-state index contributed by atoms with van der Waals surface area (Å²) in [6.07, 6.45) is 0. The van der Waals surface area contributed by atoms with Gasteiger partial charge in [-0.25, -0.2) is 0 Å². The maximum absolute atomic E-state index is 9.47. The molecule has 0 aliphatic rings. The van der Waals surface area contributed by atoms with Crippen LogP contribution in [-0.2, 0) is 4.74 Å². The van der Waals surface area contributed by atoms with Crippen molar-refractivity contribution in [3.05, 3.63) is 4.91 Å². The molecule has 0 fully saturated rings. The Hall–Kier alpha value is -0.520. The summed E-state index contributed by atoms with van der Waals surface area (Å²) in [7, 11) is 0. The maximum atomic E-state index is 9.47.